The number of likely N-dealkylation sites (N-methyl/N-ethyl adjacent to an activating group) is 1. The maximum atomic E-state index is 12.5. The van der Waals surface area contributed by atoms with Gasteiger partial charge in [0, 0.05) is 7.05 Å². The molecule has 132 valence electrons. The first kappa shape index (κ1) is 17.1. The molecule has 2 atom stereocenters. The molecule has 2 aliphatic rings. The minimum Gasteiger partial charge on any atom is -0.477 e. The Kier molecular flexibility index (Phi) is 4.53. The van der Waals surface area contributed by atoms with Crippen molar-refractivity contribution in [1.82, 2.24) is 10.6 Å². The quantitative estimate of drug-likeness (QED) is 0.826. The van der Waals surface area contributed by atoms with Gasteiger partial charge in [0.05, 0.1) is 24.8 Å². The van der Waals surface area contributed by atoms with Gasteiger partial charge >= 0.3 is 0 Å². The zero-order valence-corrected chi connectivity index (χ0v) is 14.4. The van der Waals surface area contributed by atoms with Gasteiger partial charge in [-0.3, -0.25) is 9.59 Å². The van der Waals surface area contributed by atoms with E-state index in [2.05, 4.69) is 16.7 Å². The van der Waals surface area contributed by atoms with Crippen LogP contribution in [0.25, 0.3) is 0 Å². The summed E-state index contributed by atoms with van der Waals surface area (Å²) in [7, 11) is 1.55. The van der Waals surface area contributed by atoms with Gasteiger partial charge < -0.3 is 20.3 Å². The van der Waals surface area contributed by atoms with E-state index in [1.54, 1.807) is 20.0 Å². The molecule has 0 spiro atoms. The maximum absolute atomic E-state index is 12.5. The van der Waals surface area contributed by atoms with Gasteiger partial charge in [-0.1, -0.05) is 12.1 Å². The van der Waals surface area contributed by atoms with E-state index < -0.39 is 11.6 Å². The second-order valence-electron chi connectivity index (χ2n) is 6.71. The van der Waals surface area contributed by atoms with Crippen LogP contribution in [0.3, 0.4) is 0 Å². The first-order chi connectivity index (χ1) is 12.0. The van der Waals surface area contributed by atoms with Crippen molar-refractivity contribution in [3.05, 3.63) is 24.3 Å². The number of ether oxygens (including phenoxy) is 1. The molecule has 3 rings (SSSR count). The van der Waals surface area contributed by atoms with E-state index in [-0.39, 0.29) is 30.8 Å². The molecule has 1 aromatic rings. The minimum atomic E-state index is -0.830. The lowest BCUT2D eigenvalue weighted by atomic mass is 9.98. The Labute approximate surface area is 146 Å². The summed E-state index contributed by atoms with van der Waals surface area (Å²) in [4.78, 5) is 26.3. The highest BCUT2D eigenvalue weighted by Crippen LogP contribution is 2.39. The van der Waals surface area contributed by atoms with Gasteiger partial charge in [-0.2, -0.15) is 5.26 Å². The standard InChI is InChI=1S/C18H22N4O3/c1-18(11-19,12-7-8-12)21-16(23)10-22-9-15(17(24)20-2)25-14-6-4-3-5-13(14)22/h3-6,12,15H,7-10H2,1-2H3,(H,20,24)(H,21,23)/t15-,18+/m1/s1. The Hall–Kier alpha value is -2.75. The second-order valence-corrected chi connectivity index (χ2v) is 6.71. The average Bonchev–Trinajstić information content (AvgIpc) is 3.46. The van der Waals surface area contributed by atoms with Crippen molar-refractivity contribution in [3.63, 3.8) is 0 Å². The molecular formula is C18H22N4O3. The molecule has 2 amide bonds. The number of rotatable bonds is 5. The SMILES string of the molecule is CNC(=O)[C@H]1CN(CC(=O)N[C@@](C)(C#N)C2CC2)c2ccccc2O1. The minimum absolute atomic E-state index is 0.0673. The highest BCUT2D eigenvalue weighted by Gasteiger charge is 2.43. The molecule has 0 radical (unpaired) electrons. The molecule has 1 aliphatic carbocycles. The van der Waals surface area contributed by atoms with Crippen LogP contribution in [-0.4, -0.2) is 43.6 Å². The van der Waals surface area contributed by atoms with Crippen LogP contribution in [0.5, 0.6) is 5.75 Å². The van der Waals surface area contributed by atoms with Crippen molar-refractivity contribution in [3.8, 4) is 11.8 Å². The molecule has 25 heavy (non-hydrogen) atoms. The molecule has 0 saturated heterocycles. The number of carbonyl (C=O) groups excluding carboxylic acids is 2. The zero-order chi connectivity index (χ0) is 18.0. The summed E-state index contributed by atoms with van der Waals surface area (Å²) >= 11 is 0. The smallest absolute Gasteiger partial charge is 0.262 e. The summed E-state index contributed by atoms with van der Waals surface area (Å²) in [6, 6.07) is 9.54. The molecule has 7 heteroatoms. The number of carbonyl (C=O) groups is 2. The van der Waals surface area contributed by atoms with Crippen LogP contribution in [0, 0.1) is 17.2 Å². The molecular weight excluding hydrogens is 320 g/mol. The Bertz CT molecular complexity index is 725. The number of para-hydroxylation sites is 2. The van der Waals surface area contributed by atoms with Crippen molar-refractivity contribution in [1.29, 1.82) is 5.26 Å². The Balaban J connectivity index is 1.75. The Morgan fingerprint density at radius 2 is 2.12 bits per heavy atom. The fraction of sp³-hybridized carbons (Fsp3) is 0.500. The number of nitrogens with one attached hydrogen (secondary N) is 2. The van der Waals surface area contributed by atoms with Crippen molar-refractivity contribution in [2.24, 2.45) is 5.92 Å². The molecule has 2 N–H and O–H groups in total. The topological polar surface area (TPSA) is 94.5 Å². The maximum Gasteiger partial charge on any atom is 0.262 e. The first-order valence-corrected chi connectivity index (χ1v) is 8.41. The van der Waals surface area contributed by atoms with E-state index >= 15 is 0 Å². The fourth-order valence-corrected chi connectivity index (χ4v) is 3.14. The van der Waals surface area contributed by atoms with E-state index in [1.807, 2.05) is 23.1 Å². The summed E-state index contributed by atoms with van der Waals surface area (Å²) < 4.78 is 5.73. The van der Waals surface area contributed by atoms with Crippen LogP contribution in [0.2, 0.25) is 0 Å². The lowest BCUT2D eigenvalue weighted by Crippen LogP contribution is -2.54. The van der Waals surface area contributed by atoms with Gasteiger partial charge in [0.1, 0.15) is 11.3 Å². The summed E-state index contributed by atoms with van der Waals surface area (Å²) in [5, 5.41) is 14.8. The summed E-state index contributed by atoms with van der Waals surface area (Å²) in [6.07, 6.45) is 1.24. The van der Waals surface area contributed by atoms with Gasteiger partial charge in [-0.05, 0) is 37.8 Å². The van der Waals surface area contributed by atoms with E-state index in [1.165, 1.54) is 0 Å². The van der Waals surface area contributed by atoms with Crippen molar-refractivity contribution < 1.29 is 14.3 Å². The van der Waals surface area contributed by atoms with E-state index in [0.717, 1.165) is 18.5 Å². The van der Waals surface area contributed by atoms with E-state index in [0.29, 0.717) is 5.75 Å². The van der Waals surface area contributed by atoms with Crippen LogP contribution in [-0.2, 0) is 9.59 Å². The van der Waals surface area contributed by atoms with Gasteiger partial charge in [0.25, 0.3) is 5.91 Å². The number of hydrogen-bond acceptors (Lipinski definition) is 5. The molecule has 7 nitrogen and oxygen atoms in total. The van der Waals surface area contributed by atoms with Crippen LogP contribution < -0.4 is 20.3 Å². The van der Waals surface area contributed by atoms with Crippen LogP contribution in [0.4, 0.5) is 5.69 Å². The van der Waals surface area contributed by atoms with E-state index in [9.17, 15) is 14.9 Å². The number of benzene rings is 1. The van der Waals surface area contributed by atoms with Crippen molar-refractivity contribution in [2.45, 2.75) is 31.4 Å². The van der Waals surface area contributed by atoms with Gasteiger partial charge in [-0.25, -0.2) is 0 Å². The summed E-state index contributed by atoms with van der Waals surface area (Å²) in [5.41, 5.74) is -0.0637. The predicted octanol–water partition coefficient (Wildman–Crippen LogP) is 0.808. The molecule has 0 aromatic heterocycles. The number of anilines is 1. The number of nitrogens with zero attached hydrogens (tertiary/aromatic N) is 2. The van der Waals surface area contributed by atoms with Gasteiger partial charge in [-0.15, -0.1) is 0 Å². The summed E-state index contributed by atoms with van der Waals surface area (Å²) in [6.45, 7) is 2.11. The van der Waals surface area contributed by atoms with E-state index in [4.69, 9.17) is 4.74 Å². The van der Waals surface area contributed by atoms with Crippen molar-refractivity contribution >= 4 is 17.5 Å². The third-order valence-electron chi connectivity index (χ3n) is 4.76. The van der Waals surface area contributed by atoms with Gasteiger partial charge in [0.2, 0.25) is 5.91 Å². The Morgan fingerprint density at radius 1 is 1.40 bits per heavy atom. The third-order valence-corrected chi connectivity index (χ3v) is 4.76. The molecule has 1 saturated carbocycles. The monoisotopic (exact) mass is 342 g/mol. The molecule has 1 aromatic carbocycles. The second kappa shape index (κ2) is 6.63. The number of nitriles is 1. The molecule has 1 fully saturated rings. The number of amides is 2. The normalized spacial score (nSPS) is 21.2. The van der Waals surface area contributed by atoms with Crippen LogP contribution >= 0.6 is 0 Å². The van der Waals surface area contributed by atoms with Crippen LogP contribution in [0.15, 0.2) is 24.3 Å². The van der Waals surface area contributed by atoms with Crippen molar-refractivity contribution in [2.75, 3.05) is 25.0 Å². The third kappa shape index (κ3) is 3.53. The molecule has 0 unspecified atom stereocenters. The Morgan fingerprint density at radius 3 is 2.76 bits per heavy atom. The predicted molar refractivity (Wildman–Crippen MR) is 92.0 cm³/mol. The number of fused-ring (bicyclic) bond motifs is 1. The highest BCUT2D eigenvalue weighted by atomic mass is 16.5. The number of hydrogen-bond donors (Lipinski definition) is 2. The average molecular weight is 342 g/mol. The summed E-state index contributed by atoms with van der Waals surface area (Å²) in [5.74, 6) is 0.320. The lowest BCUT2D eigenvalue weighted by molar-refractivity contribution is -0.128. The largest absolute Gasteiger partial charge is 0.477 e. The molecule has 1 aliphatic heterocycles. The van der Waals surface area contributed by atoms with Crippen LogP contribution in [0.1, 0.15) is 19.8 Å². The fourth-order valence-electron chi connectivity index (χ4n) is 3.14. The first-order valence-electron chi connectivity index (χ1n) is 8.41. The molecule has 1 heterocycles. The highest BCUT2D eigenvalue weighted by molar-refractivity contribution is 5.86. The zero-order valence-electron chi connectivity index (χ0n) is 14.4. The van der Waals surface area contributed by atoms with Gasteiger partial charge in [0.15, 0.2) is 6.10 Å². The lowest BCUT2D eigenvalue weighted by Gasteiger charge is -2.35. The molecule has 0 bridgehead atoms.